The molecule has 142 valence electrons. The van der Waals surface area contributed by atoms with Crippen molar-refractivity contribution in [3.05, 3.63) is 59.7 Å². The maximum atomic E-state index is 12.2. The largest absolute Gasteiger partial charge is 0.466 e. The highest BCUT2D eigenvalue weighted by Crippen LogP contribution is 2.40. The Balaban J connectivity index is 2.02. The summed E-state index contributed by atoms with van der Waals surface area (Å²) in [5, 5.41) is 3.51. The van der Waals surface area contributed by atoms with E-state index in [-0.39, 0.29) is 36.9 Å². The Morgan fingerprint density at radius 3 is 1.59 bits per heavy atom. The summed E-state index contributed by atoms with van der Waals surface area (Å²) in [4.78, 5) is 24.4. The van der Waals surface area contributed by atoms with Crippen LogP contribution in [0.4, 0.5) is 0 Å². The third-order valence-electron chi connectivity index (χ3n) is 4.72. The Labute approximate surface area is 159 Å². The molecule has 1 N–H and O–H groups in total. The number of carbonyl (C=O) groups is 2. The second kappa shape index (κ2) is 8.82. The van der Waals surface area contributed by atoms with Crippen LogP contribution in [0.1, 0.15) is 49.9 Å². The van der Waals surface area contributed by atoms with Crippen LogP contribution < -0.4 is 5.32 Å². The fourth-order valence-electron chi connectivity index (χ4n) is 3.63. The van der Waals surface area contributed by atoms with E-state index in [1.165, 1.54) is 0 Å². The monoisotopic (exact) mass is 367 g/mol. The van der Waals surface area contributed by atoms with E-state index in [2.05, 4.69) is 17.4 Å². The number of benzene rings is 2. The van der Waals surface area contributed by atoms with Gasteiger partial charge in [-0.2, -0.15) is 0 Å². The topological polar surface area (TPSA) is 64.6 Å². The van der Waals surface area contributed by atoms with E-state index in [0.717, 1.165) is 22.3 Å². The summed E-state index contributed by atoms with van der Waals surface area (Å²) in [6, 6.07) is 15.6. The summed E-state index contributed by atoms with van der Waals surface area (Å²) in [6.45, 7) is 4.29. The van der Waals surface area contributed by atoms with Crippen LogP contribution in [-0.2, 0) is 19.1 Å². The fraction of sp³-hybridized carbons (Fsp3) is 0.364. The summed E-state index contributed by atoms with van der Waals surface area (Å²) in [5.74, 6) is -0.517. The van der Waals surface area contributed by atoms with Crippen molar-refractivity contribution < 1.29 is 19.1 Å². The molecular formula is C22H25NO4. The lowest BCUT2D eigenvalue weighted by Crippen LogP contribution is -2.29. The lowest BCUT2D eigenvalue weighted by molar-refractivity contribution is -0.143. The van der Waals surface area contributed by atoms with Crippen molar-refractivity contribution in [3.8, 4) is 11.1 Å². The van der Waals surface area contributed by atoms with Crippen molar-refractivity contribution in [2.24, 2.45) is 0 Å². The van der Waals surface area contributed by atoms with E-state index in [0.29, 0.717) is 13.2 Å². The van der Waals surface area contributed by atoms with Crippen molar-refractivity contribution in [1.29, 1.82) is 0 Å². The molecule has 5 nitrogen and oxygen atoms in total. The van der Waals surface area contributed by atoms with Gasteiger partial charge in [-0.3, -0.25) is 9.59 Å². The predicted molar refractivity (Wildman–Crippen MR) is 103 cm³/mol. The second-order valence-electron chi connectivity index (χ2n) is 6.46. The van der Waals surface area contributed by atoms with E-state index in [1.807, 2.05) is 36.4 Å². The summed E-state index contributed by atoms with van der Waals surface area (Å²) >= 11 is 0. The first-order chi connectivity index (χ1) is 13.1. The first-order valence-electron chi connectivity index (χ1n) is 9.39. The molecule has 0 aliphatic carbocycles. The van der Waals surface area contributed by atoms with E-state index >= 15 is 0 Å². The zero-order valence-electron chi connectivity index (χ0n) is 15.7. The molecule has 0 spiro atoms. The van der Waals surface area contributed by atoms with Crippen LogP contribution in [0.5, 0.6) is 0 Å². The van der Waals surface area contributed by atoms with Gasteiger partial charge < -0.3 is 14.8 Å². The Hall–Kier alpha value is -2.66. The van der Waals surface area contributed by atoms with Gasteiger partial charge in [-0.15, -0.1) is 0 Å². The molecule has 0 amide bonds. The van der Waals surface area contributed by atoms with Crippen LogP contribution in [0, 0.1) is 0 Å². The van der Waals surface area contributed by atoms with Gasteiger partial charge in [0, 0.05) is 12.1 Å². The van der Waals surface area contributed by atoms with Crippen LogP contribution >= 0.6 is 0 Å². The van der Waals surface area contributed by atoms with Gasteiger partial charge >= 0.3 is 11.9 Å². The summed E-state index contributed by atoms with van der Waals surface area (Å²) in [6.07, 6.45) is 0.413. The van der Waals surface area contributed by atoms with Crippen LogP contribution in [0.3, 0.4) is 0 Å². The third-order valence-corrected chi connectivity index (χ3v) is 4.72. The van der Waals surface area contributed by atoms with Gasteiger partial charge in [0.1, 0.15) is 0 Å². The summed E-state index contributed by atoms with van der Waals surface area (Å²) in [7, 11) is 0. The molecule has 0 unspecified atom stereocenters. The second-order valence-corrected chi connectivity index (χ2v) is 6.46. The lowest BCUT2D eigenvalue weighted by atomic mass is 9.91. The quantitative estimate of drug-likeness (QED) is 0.784. The summed E-state index contributed by atoms with van der Waals surface area (Å²) in [5.41, 5.74) is 4.20. The van der Waals surface area contributed by atoms with E-state index in [1.54, 1.807) is 13.8 Å². The number of hydrogen-bond acceptors (Lipinski definition) is 5. The third kappa shape index (κ3) is 4.37. The lowest BCUT2D eigenvalue weighted by Gasteiger charge is -2.23. The fourth-order valence-corrected chi connectivity index (χ4v) is 3.63. The van der Waals surface area contributed by atoms with E-state index in [4.69, 9.17) is 9.47 Å². The molecule has 0 saturated carbocycles. The van der Waals surface area contributed by atoms with Gasteiger partial charge in [0.15, 0.2) is 0 Å². The highest BCUT2D eigenvalue weighted by atomic mass is 16.5. The Morgan fingerprint density at radius 2 is 1.19 bits per heavy atom. The maximum absolute atomic E-state index is 12.2. The van der Waals surface area contributed by atoms with Gasteiger partial charge in [-0.1, -0.05) is 48.5 Å². The number of fused-ring (bicyclic) bond motifs is 3. The van der Waals surface area contributed by atoms with Gasteiger partial charge in [-0.05, 0) is 36.1 Å². The molecule has 0 aromatic heterocycles. The molecule has 2 atom stereocenters. The average Bonchev–Trinajstić information content (AvgIpc) is 2.79. The van der Waals surface area contributed by atoms with Crippen molar-refractivity contribution >= 4 is 11.9 Å². The molecular weight excluding hydrogens is 342 g/mol. The van der Waals surface area contributed by atoms with Crippen LogP contribution in [0.15, 0.2) is 48.5 Å². The number of rotatable bonds is 6. The molecule has 0 bridgehead atoms. The van der Waals surface area contributed by atoms with Crippen molar-refractivity contribution in [1.82, 2.24) is 5.32 Å². The first kappa shape index (κ1) is 19.1. The Bertz CT molecular complexity index is 750. The first-order valence-corrected chi connectivity index (χ1v) is 9.39. The maximum Gasteiger partial charge on any atom is 0.307 e. The zero-order valence-corrected chi connectivity index (χ0v) is 15.7. The molecule has 1 aliphatic rings. The average molecular weight is 367 g/mol. The number of ether oxygens (including phenoxy) is 2. The molecule has 27 heavy (non-hydrogen) atoms. The minimum atomic E-state index is -0.259. The molecule has 5 heteroatoms. The van der Waals surface area contributed by atoms with Crippen molar-refractivity contribution in [3.63, 3.8) is 0 Å². The smallest absolute Gasteiger partial charge is 0.307 e. The van der Waals surface area contributed by atoms with Crippen LogP contribution in [-0.4, -0.2) is 25.2 Å². The SMILES string of the molecule is CCOC(=O)C[C@@H]1N[C@@H](CC(=O)OCC)c2ccccc2-c2ccccc21. The zero-order chi connectivity index (χ0) is 19.2. The predicted octanol–water partition coefficient (Wildman–Crippen LogP) is 3.95. The molecule has 1 heterocycles. The van der Waals surface area contributed by atoms with Crippen molar-refractivity contribution in [2.75, 3.05) is 13.2 Å². The normalized spacial score (nSPS) is 18.0. The minimum absolute atomic E-state index is 0.207. The van der Waals surface area contributed by atoms with Gasteiger partial charge in [0.05, 0.1) is 26.1 Å². The highest BCUT2D eigenvalue weighted by Gasteiger charge is 2.30. The molecule has 2 aromatic rings. The molecule has 1 aliphatic heterocycles. The Kier molecular flexibility index (Phi) is 6.24. The van der Waals surface area contributed by atoms with Crippen molar-refractivity contribution in [2.45, 2.75) is 38.8 Å². The van der Waals surface area contributed by atoms with Gasteiger partial charge in [-0.25, -0.2) is 0 Å². The summed E-state index contributed by atoms with van der Waals surface area (Å²) < 4.78 is 10.3. The van der Waals surface area contributed by atoms with E-state index < -0.39 is 0 Å². The van der Waals surface area contributed by atoms with Crippen LogP contribution in [0.2, 0.25) is 0 Å². The molecule has 0 radical (unpaired) electrons. The number of hydrogen-bond donors (Lipinski definition) is 1. The molecule has 2 aromatic carbocycles. The molecule has 0 saturated heterocycles. The Morgan fingerprint density at radius 1 is 0.778 bits per heavy atom. The number of carbonyl (C=O) groups excluding carboxylic acids is 2. The highest BCUT2D eigenvalue weighted by molar-refractivity contribution is 5.77. The number of nitrogens with one attached hydrogen (secondary N) is 1. The van der Waals surface area contributed by atoms with Gasteiger partial charge in [0.25, 0.3) is 0 Å². The van der Waals surface area contributed by atoms with Crippen LogP contribution in [0.25, 0.3) is 11.1 Å². The molecule has 0 fully saturated rings. The molecule has 3 rings (SSSR count). The van der Waals surface area contributed by atoms with Gasteiger partial charge in [0.2, 0.25) is 0 Å². The van der Waals surface area contributed by atoms with E-state index in [9.17, 15) is 9.59 Å². The standard InChI is InChI=1S/C22H25NO4/c1-3-26-21(24)13-19-17-11-7-5-9-15(17)16-10-6-8-12-18(16)20(23-19)14-22(25)27-4-2/h5-12,19-20,23H,3-4,13-14H2,1-2H3/t19-,20-/m0/s1. The minimum Gasteiger partial charge on any atom is -0.466 e. The number of esters is 2.